The number of nitrogens with two attached hydrogens (primary N) is 1. The monoisotopic (exact) mass is 282 g/mol. The minimum Gasteiger partial charge on any atom is -0.508 e. The van der Waals surface area contributed by atoms with Crippen molar-refractivity contribution in [3.8, 4) is 5.75 Å². The Bertz CT molecular complexity index is 437. The number of nitrogens with zero attached hydrogens (tertiary/aromatic N) is 1. The topological polar surface area (TPSA) is 66.6 Å². The summed E-state index contributed by atoms with van der Waals surface area (Å²) in [4.78, 5) is 14.0. The lowest BCUT2D eigenvalue weighted by Gasteiger charge is -2.26. The molecule has 0 unspecified atom stereocenters. The molecular weight excluding hydrogens is 260 g/mol. The van der Waals surface area contributed by atoms with E-state index in [1.165, 1.54) is 0 Å². The number of amides is 1. The quantitative estimate of drug-likeness (QED) is 0.839. The van der Waals surface area contributed by atoms with E-state index < -0.39 is 6.04 Å². The van der Waals surface area contributed by atoms with Gasteiger partial charge in [-0.3, -0.25) is 4.79 Å². The standard InChI is InChI=1S/C14H22N2O2S/c1-4-16(14(18)12(15)7-8-19-3)13-9-11(17)6-5-10(13)2/h5-6,9,12,17H,4,7-8,15H2,1-3H3/t12-/m1/s1. The summed E-state index contributed by atoms with van der Waals surface area (Å²) in [6.45, 7) is 4.36. The van der Waals surface area contributed by atoms with Gasteiger partial charge in [0.15, 0.2) is 0 Å². The highest BCUT2D eigenvalue weighted by molar-refractivity contribution is 7.98. The Morgan fingerprint density at radius 3 is 2.79 bits per heavy atom. The summed E-state index contributed by atoms with van der Waals surface area (Å²) in [5.41, 5.74) is 7.62. The molecule has 0 heterocycles. The summed E-state index contributed by atoms with van der Waals surface area (Å²) in [5.74, 6) is 0.929. The summed E-state index contributed by atoms with van der Waals surface area (Å²) in [6, 6.07) is 4.53. The molecule has 0 aliphatic carbocycles. The van der Waals surface area contributed by atoms with Crippen LogP contribution in [-0.4, -0.2) is 35.6 Å². The van der Waals surface area contributed by atoms with E-state index in [2.05, 4.69) is 0 Å². The van der Waals surface area contributed by atoms with E-state index in [4.69, 9.17) is 5.73 Å². The molecule has 1 aromatic rings. The third kappa shape index (κ3) is 4.14. The second-order valence-corrected chi connectivity index (χ2v) is 5.43. The molecule has 0 bridgehead atoms. The first kappa shape index (κ1) is 15.9. The number of benzene rings is 1. The summed E-state index contributed by atoms with van der Waals surface area (Å²) < 4.78 is 0. The van der Waals surface area contributed by atoms with E-state index in [9.17, 15) is 9.90 Å². The average molecular weight is 282 g/mol. The number of hydrogen-bond donors (Lipinski definition) is 2. The molecule has 3 N–H and O–H groups in total. The van der Waals surface area contributed by atoms with Gasteiger partial charge in [-0.25, -0.2) is 0 Å². The number of anilines is 1. The van der Waals surface area contributed by atoms with Crippen LogP contribution in [0.2, 0.25) is 0 Å². The van der Waals surface area contributed by atoms with Gasteiger partial charge in [0.25, 0.3) is 0 Å². The number of aryl methyl sites for hydroxylation is 1. The maximum absolute atomic E-state index is 12.4. The number of carbonyl (C=O) groups excluding carboxylic acids is 1. The lowest BCUT2D eigenvalue weighted by Crippen LogP contribution is -2.44. The van der Waals surface area contributed by atoms with E-state index in [1.807, 2.05) is 20.1 Å². The number of aromatic hydroxyl groups is 1. The molecule has 19 heavy (non-hydrogen) atoms. The first-order valence-corrected chi connectivity index (χ1v) is 7.76. The zero-order valence-electron chi connectivity index (χ0n) is 11.7. The SMILES string of the molecule is CCN(C(=O)[C@H](N)CCSC)c1cc(O)ccc1C. The zero-order valence-corrected chi connectivity index (χ0v) is 12.5. The van der Waals surface area contributed by atoms with Crippen molar-refractivity contribution in [2.24, 2.45) is 5.73 Å². The molecular formula is C14H22N2O2S. The number of phenols is 1. The molecule has 0 fully saturated rings. The second kappa shape index (κ2) is 7.40. The lowest BCUT2D eigenvalue weighted by atomic mass is 10.1. The van der Waals surface area contributed by atoms with Crippen molar-refractivity contribution in [2.75, 3.05) is 23.5 Å². The van der Waals surface area contributed by atoms with Crippen molar-refractivity contribution < 1.29 is 9.90 Å². The minimum absolute atomic E-state index is 0.0924. The molecule has 0 aliphatic heterocycles. The van der Waals surface area contributed by atoms with Crippen LogP contribution in [0, 0.1) is 6.92 Å². The summed E-state index contributed by atoms with van der Waals surface area (Å²) >= 11 is 1.68. The molecule has 0 spiro atoms. The van der Waals surface area contributed by atoms with E-state index in [0.29, 0.717) is 13.0 Å². The lowest BCUT2D eigenvalue weighted by molar-refractivity contribution is -0.119. The Balaban J connectivity index is 2.93. The number of carbonyl (C=O) groups is 1. The van der Waals surface area contributed by atoms with Gasteiger partial charge in [0, 0.05) is 12.6 Å². The maximum atomic E-state index is 12.4. The Labute approximate surface area is 119 Å². The van der Waals surface area contributed by atoms with Crippen LogP contribution in [-0.2, 0) is 4.79 Å². The van der Waals surface area contributed by atoms with E-state index in [-0.39, 0.29) is 11.7 Å². The molecule has 0 aromatic heterocycles. The van der Waals surface area contributed by atoms with E-state index in [0.717, 1.165) is 17.0 Å². The summed E-state index contributed by atoms with van der Waals surface area (Å²) in [5, 5.41) is 9.57. The first-order chi connectivity index (χ1) is 9.01. The van der Waals surface area contributed by atoms with Gasteiger partial charge >= 0.3 is 0 Å². The highest BCUT2D eigenvalue weighted by atomic mass is 32.2. The summed E-state index contributed by atoms with van der Waals surface area (Å²) in [6.07, 6.45) is 2.66. The van der Waals surface area contributed by atoms with Crippen LogP contribution >= 0.6 is 11.8 Å². The van der Waals surface area contributed by atoms with Crippen LogP contribution in [0.5, 0.6) is 5.75 Å². The van der Waals surface area contributed by atoms with Crippen molar-refractivity contribution in [3.05, 3.63) is 23.8 Å². The smallest absolute Gasteiger partial charge is 0.243 e. The molecule has 1 rings (SSSR count). The highest BCUT2D eigenvalue weighted by Gasteiger charge is 2.22. The molecule has 0 saturated carbocycles. The molecule has 4 nitrogen and oxygen atoms in total. The van der Waals surface area contributed by atoms with E-state index >= 15 is 0 Å². The predicted octanol–water partition coefficient (Wildman–Crippen LogP) is 2.13. The van der Waals surface area contributed by atoms with Gasteiger partial charge in [0.05, 0.1) is 11.7 Å². The van der Waals surface area contributed by atoms with Crippen molar-refractivity contribution in [3.63, 3.8) is 0 Å². The molecule has 1 aromatic carbocycles. The third-order valence-electron chi connectivity index (χ3n) is 3.02. The van der Waals surface area contributed by atoms with Gasteiger partial charge in [-0.05, 0) is 43.9 Å². The van der Waals surface area contributed by atoms with Crippen molar-refractivity contribution >= 4 is 23.4 Å². The van der Waals surface area contributed by atoms with Gasteiger partial charge < -0.3 is 15.7 Å². The number of thioether (sulfide) groups is 1. The fourth-order valence-electron chi connectivity index (χ4n) is 1.90. The van der Waals surface area contributed by atoms with Gasteiger partial charge in [-0.2, -0.15) is 11.8 Å². The number of rotatable bonds is 6. The van der Waals surface area contributed by atoms with Crippen LogP contribution < -0.4 is 10.6 Å². The zero-order chi connectivity index (χ0) is 14.4. The van der Waals surface area contributed by atoms with Gasteiger partial charge in [-0.15, -0.1) is 0 Å². The number of hydrogen-bond acceptors (Lipinski definition) is 4. The Hall–Kier alpha value is -1.20. The molecule has 1 amide bonds. The van der Waals surface area contributed by atoms with Gasteiger partial charge in [0.2, 0.25) is 5.91 Å². The highest BCUT2D eigenvalue weighted by Crippen LogP contribution is 2.25. The Morgan fingerprint density at radius 2 is 2.21 bits per heavy atom. The van der Waals surface area contributed by atoms with Gasteiger partial charge in [-0.1, -0.05) is 6.07 Å². The van der Waals surface area contributed by atoms with Crippen molar-refractivity contribution in [1.29, 1.82) is 0 Å². The van der Waals surface area contributed by atoms with Crippen LogP contribution in [0.25, 0.3) is 0 Å². The fourth-order valence-corrected chi connectivity index (χ4v) is 2.39. The predicted molar refractivity (Wildman–Crippen MR) is 81.8 cm³/mol. The second-order valence-electron chi connectivity index (χ2n) is 4.44. The molecule has 0 radical (unpaired) electrons. The maximum Gasteiger partial charge on any atom is 0.243 e. The average Bonchev–Trinajstić information content (AvgIpc) is 2.40. The normalized spacial score (nSPS) is 12.2. The van der Waals surface area contributed by atoms with Crippen LogP contribution in [0.3, 0.4) is 0 Å². The fraction of sp³-hybridized carbons (Fsp3) is 0.500. The van der Waals surface area contributed by atoms with Crippen molar-refractivity contribution in [1.82, 2.24) is 0 Å². The molecule has 5 heteroatoms. The van der Waals surface area contributed by atoms with E-state index in [1.54, 1.807) is 34.9 Å². The summed E-state index contributed by atoms with van der Waals surface area (Å²) in [7, 11) is 0. The largest absolute Gasteiger partial charge is 0.508 e. The van der Waals surface area contributed by atoms with Crippen LogP contribution in [0.4, 0.5) is 5.69 Å². The molecule has 0 saturated heterocycles. The minimum atomic E-state index is -0.492. The Kier molecular flexibility index (Phi) is 6.18. The first-order valence-electron chi connectivity index (χ1n) is 6.36. The van der Waals surface area contributed by atoms with Crippen LogP contribution in [0.1, 0.15) is 18.9 Å². The van der Waals surface area contributed by atoms with Gasteiger partial charge in [0.1, 0.15) is 5.75 Å². The molecule has 0 aliphatic rings. The Morgan fingerprint density at radius 1 is 1.53 bits per heavy atom. The molecule has 1 atom stereocenters. The van der Waals surface area contributed by atoms with Crippen LogP contribution in [0.15, 0.2) is 18.2 Å². The number of likely N-dealkylation sites (N-methyl/N-ethyl adjacent to an activating group) is 1. The number of phenolic OH excluding ortho intramolecular Hbond substituents is 1. The molecule has 106 valence electrons. The third-order valence-corrected chi connectivity index (χ3v) is 3.66. The van der Waals surface area contributed by atoms with Crippen molar-refractivity contribution in [2.45, 2.75) is 26.3 Å².